The van der Waals surface area contributed by atoms with Crippen molar-refractivity contribution in [3.05, 3.63) is 0 Å². The van der Waals surface area contributed by atoms with E-state index in [-0.39, 0.29) is 0 Å². The number of carboxylic acid groups (broad SMARTS) is 1. The fourth-order valence-corrected chi connectivity index (χ4v) is 2.56. The third-order valence-corrected chi connectivity index (χ3v) is 3.46. The molecule has 0 aromatic rings. The van der Waals surface area contributed by atoms with Gasteiger partial charge in [-0.2, -0.15) is 0 Å². The minimum Gasteiger partial charge on any atom is -0.480 e. The average Bonchev–Trinajstić information content (AvgIpc) is 2.18. The van der Waals surface area contributed by atoms with Crippen molar-refractivity contribution in [1.29, 1.82) is 0 Å². The molecule has 0 aliphatic heterocycles. The van der Waals surface area contributed by atoms with Gasteiger partial charge in [-0.05, 0) is 18.3 Å². The lowest BCUT2D eigenvalue weighted by Crippen LogP contribution is -2.35. The molecule has 0 bridgehead atoms. The van der Waals surface area contributed by atoms with E-state index < -0.39 is 12.0 Å². The van der Waals surface area contributed by atoms with Crippen molar-refractivity contribution in [2.75, 3.05) is 0 Å². The smallest absolute Gasteiger partial charge is 0.320 e. The highest BCUT2D eigenvalue weighted by Crippen LogP contribution is 2.34. The summed E-state index contributed by atoms with van der Waals surface area (Å²) in [5, 5.41) is 8.75. The van der Waals surface area contributed by atoms with Gasteiger partial charge in [0.2, 0.25) is 0 Å². The lowest BCUT2D eigenvalue weighted by atomic mass is 9.75. The Balaban J connectivity index is 2.44. The maximum Gasteiger partial charge on any atom is 0.320 e. The summed E-state index contributed by atoms with van der Waals surface area (Å²) >= 11 is 0. The van der Waals surface area contributed by atoms with Crippen LogP contribution in [0.5, 0.6) is 0 Å². The second-order valence-corrected chi connectivity index (χ2v) is 4.39. The molecule has 0 aromatic carbocycles. The largest absolute Gasteiger partial charge is 0.480 e. The van der Waals surface area contributed by atoms with Crippen molar-refractivity contribution < 1.29 is 9.90 Å². The zero-order chi connectivity index (χ0) is 10.6. The molecule has 14 heavy (non-hydrogen) atoms. The molecule has 0 saturated heterocycles. The van der Waals surface area contributed by atoms with Gasteiger partial charge >= 0.3 is 5.97 Å². The van der Waals surface area contributed by atoms with Crippen LogP contribution in [-0.4, -0.2) is 17.1 Å². The number of aliphatic carboxylic acids is 1. The average molecular weight is 199 g/mol. The maximum absolute atomic E-state index is 10.6. The van der Waals surface area contributed by atoms with E-state index in [1.54, 1.807) is 0 Å². The van der Waals surface area contributed by atoms with Gasteiger partial charge in [-0.1, -0.05) is 39.0 Å². The lowest BCUT2D eigenvalue weighted by molar-refractivity contribution is -0.139. The summed E-state index contributed by atoms with van der Waals surface area (Å²) in [5.74, 6) is 0.388. The minimum atomic E-state index is -0.856. The summed E-state index contributed by atoms with van der Waals surface area (Å²) in [5.41, 5.74) is 5.56. The van der Waals surface area contributed by atoms with E-state index in [0.29, 0.717) is 18.3 Å². The molecule has 0 amide bonds. The first-order chi connectivity index (χ1) is 6.65. The molecule has 1 aliphatic rings. The molecule has 1 saturated carbocycles. The van der Waals surface area contributed by atoms with Crippen molar-refractivity contribution in [2.45, 2.75) is 51.5 Å². The van der Waals surface area contributed by atoms with E-state index in [2.05, 4.69) is 6.92 Å². The molecule has 2 unspecified atom stereocenters. The van der Waals surface area contributed by atoms with Gasteiger partial charge in [0.25, 0.3) is 0 Å². The second-order valence-electron chi connectivity index (χ2n) is 4.39. The summed E-state index contributed by atoms with van der Waals surface area (Å²) in [6.07, 6.45) is 6.79. The summed E-state index contributed by atoms with van der Waals surface area (Å²) in [7, 11) is 0. The Morgan fingerprint density at radius 1 is 1.43 bits per heavy atom. The van der Waals surface area contributed by atoms with Crippen LogP contribution in [0.25, 0.3) is 0 Å². The van der Waals surface area contributed by atoms with Crippen molar-refractivity contribution in [2.24, 2.45) is 17.6 Å². The molecule has 0 radical (unpaired) electrons. The molecule has 1 aliphatic carbocycles. The van der Waals surface area contributed by atoms with Gasteiger partial charge in [-0.3, -0.25) is 4.79 Å². The second kappa shape index (κ2) is 5.35. The number of carbonyl (C=O) groups is 1. The van der Waals surface area contributed by atoms with E-state index in [9.17, 15) is 4.79 Å². The number of rotatable bonds is 4. The normalized spacial score (nSPS) is 29.9. The quantitative estimate of drug-likeness (QED) is 0.728. The zero-order valence-electron chi connectivity index (χ0n) is 8.91. The van der Waals surface area contributed by atoms with E-state index in [4.69, 9.17) is 10.8 Å². The summed E-state index contributed by atoms with van der Waals surface area (Å²) in [6, 6.07) is -0.660. The fraction of sp³-hybridized carbons (Fsp3) is 0.909. The fourth-order valence-electron chi connectivity index (χ4n) is 2.56. The Morgan fingerprint density at radius 3 is 2.50 bits per heavy atom. The Morgan fingerprint density at radius 2 is 2.00 bits per heavy atom. The molecule has 0 heterocycles. The van der Waals surface area contributed by atoms with Crippen LogP contribution in [0, 0.1) is 11.8 Å². The van der Waals surface area contributed by atoms with E-state index in [1.807, 2.05) is 0 Å². The third-order valence-electron chi connectivity index (χ3n) is 3.46. The molecule has 3 N–H and O–H groups in total. The van der Waals surface area contributed by atoms with E-state index in [1.165, 1.54) is 25.7 Å². The highest BCUT2D eigenvalue weighted by Gasteiger charge is 2.27. The van der Waals surface area contributed by atoms with Gasteiger partial charge < -0.3 is 10.8 Å². The van der Waals surface area contributed by atoms with Crippen LogP contribution >= 0.6 is 0 Å². The first kappa shape index (κ1) is 11.5. The van der Waals surface area contributed by atoms with Crippen molar-refractivity contribution in [3.8, 4) is 0 Å². The van der Waals surface area contributed by atoms with Crippen LogP contribution in [0.4, 0.5) is 0 Å². The van der Waals surface area contributed by atoms with E-state index >= 15 is 0 Å². The van der Waals surface area contributed by atoms with Crippen LogP contribution in [0.1, 0.15) is 45.4 Å². The summed E-state index contributed by atoms with van der Waals surface area (Å²) in [4.78, 5) is 10.6. The number of carboxylic acids is 1. The molecule has 0 aromatic heterocycles. The van der Waals surface area contributed by atoms with Gasteiger partial charge in [0.15, 0.2) is 0 Å². The minimum absolute atomic E-state index is 0.542. The first-order valence-electron chi connectivity index (χ1n) is 5.63. The number of nitrogens with two attached hydrogens (primary N) is 1. The maximum atomic E-state index is 10.6. The van der Waals surface area contributed by atoms with Gasteiger partial charge in [0.1, 0.15) is 6.04 Å². The van der Waals surface area contributed by atoms with Crippen LogP contribution in [0.2, 0.25) is 0 Å². The predicted octanol–water partition coefficient (Wildman–Crippen LogP) is 2.00. The molecule has 3 nitrogen and oxygen atoms in total. The standard InChI is InChI=1S/C11H21NO2/c1-2-8-5-3-4-6-9(8)7-10(12)11(13)14/h8-10H,2-7,12H2,1H3,(H,13,14)/t8?,9?,10-/m1/s1. The number of hydrogen-bond donors (Lipinski definition) is 2. The Hall–Kier alpha value is -0.570. The Bertz CT molecular complexity index is 194. The Labute approximate surface area is 85.7 Å². The molecule has 3 heteroatoms. The van der Waals surface area contributed by atoms with Crippen LogP contribution in [0.3, 0.4) is 0 Å². The molecule has 0 spiro atoms. The van der Waals surface area contributed by atoms with E-state index in [0.717, 1.165) is 6.42 Å². The molecule has 82 valence electrons. The van der Waals surface area contributed by atoms with Gasteiger partial charge in [0.05, 0.1) is 0 Å². The first-order valence-corrected chi connectivity index (χ1v) is 5.63. The SMILES string of the molecule is CCC1CCCCC1C[C@@H](N)C(=O)O. The molecule has 1 rings (SSSR count). The number of hydrogen-bond acceptors (Lipinski definition) is 2. The predicted molar refractivity (Wildman–Crippen MR) is 56.0 cm³/mol. The van der Waals surface area contributed by atoms with Crippen molar-refractivity contribution in [1.82, 2.24) is 0 Å². The van der Waals surface area contributed by atoms with Crippen LogP contribution < -0.4 is 5.73 Å². The van der Waals surface area contributed by atoms with Crippen molar-refractivity contribution in [3.63, 3.8) is 0 Å². The summed E-state index contributed by atoms with van der Waals surface area (Å²) < 4.78 is 0. The molecule has 3 atom stereocenters. The molecular formula is C11H21NO2. The topological polar surface area (TPSA) is 63.3 Å². The van der Waals surface area contributed by atoms with Crippen LogP contribution in [0.15, 0.2) is 0 Å². The summed E-state index contributed by atoms with van der Waals surface area (Å²) in [6.45, 7) is 2.19. The Kier molecular flexibility index (Phi) is 4.39. The lowest BCUT2D eigenvalue weighted by Gasteiger charge is -2.31. The van der Waals surface area contributed by atoms with Gasteiger partial charge in [-0.25, -0.2) is 0 Å². The van der Waals surface area contributed by atoms with Crippen LogP contribution in [-0.2, 0) is 4.79 Å². The van der Waals surface area contributed by atoms with Crippen molar-refractivity contribution >= 4 is 5.97 Å². The van der Waals surface area contributed by atoms with Gasteiger partial charge in [-0.15, -0.1) is 0 Å². The third kappa shape index (κ3) is 2.98. The monoisotopic (exact) mass is 199 g/mol. The molecule has 1 fully saturated rings. The molecular weight excluding hydrogens is 178 g/mol. The van der Waals surface area contributed by atoms with Gasteiger partial charge in [0, 0.05) is 0 Å². The zero-order valence-corrected chi connectivity index (χ0v) is 8.91. The highest BCUT2D eigenvalue weighted by atomic mass is 16.4. The highest BCUT2D eigenvalue weighted by molar-refractivity contribution is 5.73.